The van der Waals surface area contributed by atoms with E-state index in [1.54, 1.807) is 28.6 Å². The Bertz CT molecular complexity index is 528. The van der Waals surface area contributed by atoms with E-state index in [1.165, 1.54) is 0 Å². The maximum Gasteiger partial charge on any atom is 0.245 e. The first-order valence-electron chi connectivity index (χ1n) is 6.93. The molecule has 0 aromatic heterocycles. The minimum atomic E-state index is -3.47. The third kappa shape index (κ3) is 2.92. The van der Waals surface area contributed by atoms with Crippen molar-refractivity contribution in [2.75, 3.05) is 12.3 Å². The number of sulfonamides is 1. The summed E-state index contributed by atoms with van der Waals surface area (Å²) in [6.07, 6.45) is 4.94. The zero-order chi connectivity index (χ0) is 13.9. The topological polar surface area (TPSA) is 63.4 Å². The number of hydrogen-bond donors (Lipinski definition) is 1. The molecule has 0 amide bonds. The van der Waals surface area contributed by atoms with E-state index < -0.39 is 10.0 Å². The summed E-state index contributed by atoms with van der Waals surface area (Å²) < 4.78 is 27.2. The van der Waals surface area contributed by atoms with E-state index in [-0.39, 0.29) is 10.9 Å². The van der Waals surface area contributed by atoms with E-state index in [0.717, 1.165) is 32.1 Å². The van der Waals surface area contributed by atoms with Crippen LogP contribution in [0.4, 0.5) is 5.69 Å². The smallest absolute Gasteiger partial charge is 0.245 e. The molecule has 0 radical (unpaired) electrons. The predicted octanol–water partition coefficient (Wildman–Crippen LogP) is 2.61. The Morgan fingerprint density at radius 2 is 2.00 bits per heavy atom. The molecule has 19 heavy (non-hydrogen) atoms. The van der Waals surface area contributed by atoms with Crippen LogP contribution >= 0.6 is 0 Å². The maximum atomic E-state index is 12.8. The van der Waals surface area contributed by atoms with E-state index in [4.69, 9.17) is 5.73 Å². The van der Waals surface area contributed by atoms with E-state index in [0.29, 0.717) is 12.2 Å². The van der Waals surface area contributed by atoms with Crippen molar-refractivity contribution in [3.05, 3.63) is 24.3 Å². The van der Waals surface area contributed by atoms with Crippen LogP contribution < -0.4 is 5.73 Å². The van der Waals surface area contributed by atoms with Gasteiger partial charge in [0.05, 0.1) is 5.69 Å². The second kappa shape index (κ2) is 5.92. The van der Waals surface area contributed by atoms with Gasteiger partial charge in [-0.3, -0.25) is 0 Å². The van der Waals surface area contributed by atoms with Gasteiger partial charge in [0.25, 0.3) is 0 Å². The Hall–Kier alpha value is -1.07. The molecule has 0 spiro atoms. The minimum absolute atomic E-state index is 0.104. The van der Waals surface area contributed by atoms with Gasteiger partial charge in [-0.25, -0.2) is 8.42 Å². The first kappa shape index (κ1) is 14.3. The molecule has 4 nitrogen and oxygen atoms in total. The standard InChI is InChI=1S/C14H22N2O2S/c1-2-12-8-4-3-7-11-16(12)19(17,18)14-10-6-5-9-13(14)15/h5-6,9-10,12H,2-4,7-8,11,15H2,1H3. The lowest BCUT2D eigenvalue weighted by atomic mass is 10.1. The predicted molar refractivity (Wildman–Crippen MR) is 77.3 cm³/mol. The highest BCUT2D eigenvalue weighted by molar-refractivity contribution is 7.89. The van der Waals surface area contributed by atoms with E-state index in [2.05, 4.69) is 0 Å². The summed E-state index contributed by atoms with van der Waals surface area (Å²) >= 11 is 0. The van der Waals surface area contributed by atoms with Gasteiger partial charge in [-0.1, -0.05) is 31.9 Å². The Morgan fingerprint density at radius 1 is 1.26 bits per heavy atom. The molecular formula is C14H22N2O2S. The molecule has 0 saturated carbocycles. The number of nitrogen functional groups attached to an aromatic ring is 1. The Kier molecular flexibility index (Phi) is 4.47. The van der Waals surface area contributed by atoms with Gasteiger partial charge in [-0.05, 0) is 31.4 Å². The first-order valence-corrected chi connectivity index (χ1v) is 8.37. The molecule has 2 rings (SSSR count). The van der Waals surface area contributed by atoms with Crippen molar-refractivity contribution in [2.45, 2.75) is 50.0 Å². The van der Waals surface area contributed by atoms with Crippen molar-refractivity contribution in [1.29, 1.82) is 0 Å². The van der Waals surface area contributed by atoms with Crippen molar-refractivity contribution < 1.29 is 8.42 Å². The van der Waals surface area contributed by atoms with Crippen LogP contribution in [0, 0.1) is 0 Å². The average molecular weight is 282 g/mol. The van der Waals surface area contributed by atoms with Gasteiger partial charge in [0.15, 0.2) is 0 Å². The van der Waals surface area contributed by atoms with Crippen LogP contribution in [0.25, 0.3) is 0 Å². The summed E-state index contributed by atoms with van der Waals surface area (Å²) in [5.41, 5.74) is 6.17. The quantitative estimate of drug-likeness (QED) is 0.867. The number of nitrogens with two attached hydrogens (primary N) is 1. The summed E-state index contributed by atoms with van der Waals surface area (Å²) in [6.45, 7) is 2.65. The van der Waals surface area contributed by atoms with Crippen LogP contribution in [0.3, 0.4) is 0 Å². The molecule has 106 valence electrons. The fourth-order valence-electron chi connectivity index (χ4n) is 2.72. The van der Waals surface area contributed by atoms with Crippen LogP contribution in [-0.4, -0.2) is 25.3 Å². The molecule has 1 fully saturated rings. The molecule has 1 aromatic carbocycles. The highest BCUT2D eigenvalue weighted by Gasteiger charge is 2.32. The van der Waals surface area contributed by atoms with Crippen LogP contribution in [0.5, 0.6) is 0 Å². The minimum Gasteiger partial charge on any atom is -0.398 e. The highest BCUT2D eigenvalue weighted by Crippen LogP contribution is 2.28. The molecule has 2 N–H and O–H groups in total. The molecule has 1 aromatic rings. The second-order valence-corrected chi connectivity index (χ2v) is 6.92. The number of anilines is 1. The SMILES string of the molecule is CCC1CCCCCN1S(=O)(=O)c1ccccc1N. The third-order valence-electron chi connectivity index (χ3n) is 3.80. The number of para-hydroxylation sites is 1. The fourth-order valence-corrected chi connectivity index (χ4v) is 4.60. The summed E-state index contributed by atoms with van der Waals surface area (Å²) in [6, 6.07) is 6.83. The number of hydrogen-bond acceptors (Lipinski definition) is 3. The summed E-state index contributed by atoms with van der Waals surface area (Å²) in [7, 11) is -3.47. The van der Waals surface area contributed by atoms with Crippen molar-refractivity contribution in [3.63, 3.8) is 0 Å². The van der Waals surface area contributed by atoms with Crippen LogP contribution in [0.1, 0.15) is 39.0 Å². The zero-order valence-corrected chi connectivity index (χ0v) is 12.2. The molecule has 1 unspecified atom stereocenters. The molecule has 1 atom stereocenters. The average Bonchev–Trinajstić information content (AvgIpc) is 2.64. The van der Waals surface area contributed by atoms with Gasteiger partial charge in [-0.15, -0.1) is 0 Å². The lowest BCUT2D eigenvalue weighted by Crippen LogP contribution is -2.39. The van der Waals surface area contributed by atoms with Gasteiger partial charge in [0, 0.05) is 12.6 Å². The maximum absolute atomic E-state index is 12.8. The molecular weight excluding hydrogens is 260 g/mol. The Balaban J connectivity index is 2.39. The zero-order valence-electron chi connectivity index (χ0n) is 11.4. The largest absolute Gasteiger partial charge is 0.398 e. The summed E-state index contributed by atoms with van der Waals surface area (Å²) in [5.74, 6) is 0. The van der Waals surface area contributed by atoms with E-state index >= 15 is 0 Å². The molecule has 5 heteroatoms. The van der Waals surface area contributed by atoms with Crippen molar-refractivity contribution >= 4 is 15.7 Å². The Morgan fingerprint density at radius 3 is 2.68 bits per heavy atom. The molecule has 1 aliphatic heterocycles. The summed E-state index contributed by atoms with van der Waals surface area (Å²) in [4.78, 5) is 0.246. The van der Waals surface area contributed by atoms with Gasteiger partial charge in [0.2, 0.25) is 10.0 Å². The van der Waals surface area contributed by atoms with Gasteiger partial charge < -0.3 is 5.73 Å². The monoisotopic (exact) mass is 282 g/mol. The van der Waals surface area contributed by atoms with Crippen LogP contribution in [-0.2, 0) is 10.0 Å². The van der Waals surface area contributed by atoms with Crippen molar-refractivity contribution in [1.82, 2.24) is 4.31 Å². The molecule has 1 aliphatic rings. The van der Waals surface area contributed by atoms with Gasteiger partial charge >= 0.3 is 0 Å². The highest BCUT2D eigenvalue weighted by atomic mass is 32.2. The van der Waals surface area contributed by atoms with Crippen molar-refractivity contribution in [3.8, 4) is 0 Å². The number of nitrogens with zero attached hydrogens (tertiary/aromatic N) is 1. The van der Waals surface area contributed by atoms with Crippen molar-refractivity contribution in [2.24, 2.45) is 0 Å². The molecule has 0 aliphatic carbocycles. The lowest BCUT2D eigenvalue weighted by Gasteiger charge is -2.28. The third-order valence-corrected chi connectivity index (χ3v) is 5.83. The molecule has 0 bridgehead atoms. The number of benzene rings is 1. The molecule has 1 saturated heterocycles. The van der Waals surface area contributed by atoms with E-state index in [9.17, 15) is 8.42 Å². The number of rotatable bonds is 3. The molecule has 1 heterocycles. The van der Waals surface area contributed by atoms with Gasteiger partial charge in [0.1, 0.15) is 4.90 Å². The fraction of sp³-hybridized carbons (Fsp3) is 0.571. The first-order chi connectivity index (χ1) is 9.07. The normalized spacial score (nSPS) is 22.1. The second-order valence-electron chi connectivity index (χ2n) is 5.06. The summed E-state index contributed by atoms with van der Waals surface area (Å²) in [5, 5.41) is 0. The van der Waals surface area contributed by atoms with Gasteiger partial charge in [-0.2, -0.15) is 4.31 Å². The van der Waals surface area contributed by atoms with Crippen LogP contribution in [0.2, 0.25) is 0 Å². The van der Waals surface area contributed by atoms with Crippen LogP contribution in [0.15, 0.2) is 29.2 Å². The Labute approximate surface area is 115 Å². The van der Waals surface area contributed by atoms with E-state index in [1.807, 2.05) is 6.92 Å². The lowest BCUT2D eigenvalue weighted by molar-refractivity contribution is 0.315.